The first-order chi connectivity index (χ1) is 12.5. The SMILES string of the molecule is C[C@H](NC(=O)COC(=O)C1(c2cccc(F)c2)CCCC1)c1cccs1. The molecule has 1 saturated carbocycles. The quantitative estimate of drug-likeness (QED) is 0.773. The molecule has 138 valence electrons. The zero-order chi connectivity index (χ0) is 18.6. The standard InChI is InChI=1S/C20H22FNO3S/c1-14(17-8-5-11-26-17)22-18(23)13-25-19(24)20(9-2-3-10-20)15-6-4-7-16(21)12-15/h4-8,11-12,14H,2-3,9-10,13H2,1H3,(H,22,23)/t14-/m0/s1. The van der Waals surface area contributed by atoms with Crippen LogP contribution in [0.1, 0.15) is 49.1 Å². The third-order valence-electron chi connectivity index (χ3n) is 4.91. The third kappa shape index (κ3) is 3.96. The Morgan fingerprint density at radius 1 is 1.27 bits per heavy atom. The third-order valence-corrected chi connectivity index (χ3v) is 5.96. The van der Waals surface area contributed by atoms with Gasteiger partial charge in [0.05, 0.1) is 11.5 Å². The molecule has 4 nitrogen and oxygen atoms in total. The molecule has 1 heterocycles. The number of rotatable bonds is 6. The average Bonchev–Trinajstić information content (AvgIpc) is 3.31. The lowest BCUT2D eigenvalue weighted by atomic mass is 9.79. The molecular weight excluding hydrogens is 353 g/mol. The number of hydrogen-bond donors (Lipinski definition) is 1. The molecule has 2 aromatic rings. The van der Waals surface area contributed by atoms with Crippen molar-refractivity contribution in [2.45, 2.75) is 44.1 Å². The van der Waals surface area contributed by atoms with Crippen molar-refractivity contribution in [1.29, 1.82) is 0 Å². The Hall–Kier alpha value is -2.21. The van der Waals surface area contributed by atoms with Gasteiger partial charge in [-0.25, -0.2) is 4.39 Å². The second-order valence-electron chi connectivity index (χ2n) is 6.68. The van der Waals surface area contributed by atoms with Crippen LogP contribution in [0.2, 0.25) is 0 Å². The van der Waals surface area contributed by atoms with Crippen LogP contribution in [0.15, 0.2) is 41.8 Å². The summed E-state index contributed by atoms with van der Waals surface area (Å²) in [6.07, 6.45) is 2.99. The molecule has 3 rings (SSSR count). The van der Waals surface area contributed by atoms with Gasteiger partial charge in [0.25, 0.3) is 5.91 Å². The van der Waals surface area contributed by atoms with E-state index in [-0.39, 0.29) is 24.4 Å². The summed E-state index contributed by atoms with van der Waals surface area (Å²) in [7, 11) is 0. The zero-order valence-electron chi connectivity index (χ0n) is 14.7. The summed E-state index contributed by atoms with van der Waals surface area (Å²) in [4.78, 5) is 25.9. The number of benzene rings is 1. The molecule has 0 radical (unpaired) electrons. The van der Waals surface area contributed by atoms with Crippen molar-refractivity contribution in [2.75, 3.05) is 6.61 Å². The van der Waals surface area contributed by atoms with Crippen LogP contribution >= 0.6 is 11.3 Å². The van der Waals surface area contributed by atoms with Crippen LogP contribution < -0.4 is 5.32 Å². The number of nitrogens with one attached hydrogen (secondary N) is 1. The number of esters is 1. The minimum atomic E-state index is -0.845. The first-order valence-electron chi connectivity index (χ1n) is 8.77. The smallest absolute Gasteiger partial charge is 0.317 e. The molecule has 26 heavy (non-hydrogen) atoms. The van der Waals surface area contributed by atoms with Gasteiger partial charge >= 0.3 is 5.97 Å². The fourth-order valence-corrected chi connectivity index (χ4v) is 4.27. The summed E-state index contributed by atoms with van der Waals surface area (Å²) in [6, 6.07) is 9.85. The molecule has 1 atom stereocenters. The molecule has 1 aromatic heterocycles. The Morgan fingerprint density at radius 3 is 2.69 bits per heavy atom. The monoisotopic (exact) mass is 375 g/mol. The first-order valence-corrected chi connectivity index (χ1v) is 9.65. The molecule has 1 aliphatic rings. The average molecular weight is 375 g/mol. The Kier molecular flexibility index (Phi) is 5.71. The molecular formula is C20H22FNO3S. The molecule has 0 aliphatic heterocycles. The van der Waals surface area contributed by atoms with Gasteiger partial charge in [-0.1, -0.05) is 31.0 Å². The van der Waals surface area contributed by atoms with Gasteiger partial charge in [-0.2, -0.15) is 0 Å². The van der Waals surface area contributed by atoms with Crippen molar-refractivity contribution >= 4 is 23.2 Å². The van der Waals surface area contributed by atoms with E-state index in [0.717, 1.165) is 17.7 Å². The summed E-state index contributed by atoms with van der Waals surface area (Å²) < 4.78 is 19.0. The molecule has 6 heteroatoms. The highest BCUT2D eigenvalue weighted by Gasteiger charge is 2.44. The fourth-order valence-electron chi connectivity index (χ4n) is 3.54. The van der Waals surface area contributed by atoms with E-state index in [9.17, 15) is 14.0 Å². The predicted octanol–water partition coefficient (Wildman–Crippen LogP) is 4.12. The van der Waals surface area contributed by atoms with Gasteiger partial charge in [0.1, 0.15) is 5.82 Å². The van der Waals surface area contributed by atoms with Gasteiger partial charge in [-0.3, -0.25) is 9.59 Å². The molecule has 1 amide bonds. The van der Waals surface area contributed by atoms with E-state index in [1.54, 1.807) is 23.5 Å². The van der Waals surface area contributed by atoms with Crippen molar-refractivity contribution < 1.29 is 18.7 Å². The Balaban J connectivity index is 1.63. The number of carbonyl (C=O) groups excluding carboxylic acids is 2. The summed E-state index contributed by atoms with van der Waals surface area (Å²) in [6.45, 7) is 1.56. The van der Waals surface area contributed by atoms with Crippen molar-refractivity contribution in [3.8, 4) is 0 Å². The van der Waals surface area contributed by atoms with Gasteiger partial charge in [0.15, 0.2) is 6.61 Å². The lowest BCUT2D eigenvalue weighted by molar-refractivity contribution is -0.154. The summed E-state index contributed by atoms with van der Waals surface area (Å²) >= 11 is 1.56. The van der Waals surface area contributed by atoms with E-state index in [4.69, 9.17) is 4.74 Å². The van der Waals surface area contributed by atoms with Gasteiger partial charge < -0.3 is 10.1 Å². The maximum Gasteiger partial charge on any atom is 0.317 e. The van der Waals surface area contributed by atoms with Gasteiger partial charge in [0.2, 0.25) is 0 Å². The molecule has 1 fully saturated rings. The van der Waals surface area contributed by atoms with Crippen LogP contribution in [0.25, 0.3) is 0 Å². The number of ether oxygens (including phenoxy) is 1. The Morgan fingerprint density at radius 2 is 2.04 bits per heavy atom. The normalized spacial score (nSPS) is 16.8. The summed E-state index contributed by atoms with van der Waals surface area (Å²) in [5.74, 6) is -1.16. The van der Waals surface area contributed by atoms with E-state index < -0.39 is 11.4 Å². The minimum absolute atomic E-state index is 0.134. The molecule has 0 unspecified atom stereocenters. The molecule has 0 saturated heterocycles. The summed E-state index contributed by atoms with van der Waals surface area (Å²) in [5, 5.41) is 4.77. The molecule has 1 N–H and O–H groups in total. The number of thiophene rings is 1. The van der Waals surface area contributed by atoms with E-state index in [1.165, 1.54) is 12.1 Å². The maximum absolute atomic E-state index is 13.6. The van der Waals surface area contributed by atoms with Crippen LogP contribution in [-0.4, -0.2) is 18.5 Å². The van der Waals surface area contributed by atoms with Crippen molar-refractivity contribution in [3.05, 3.63) is 58.0 Å². The Bertz CT molecular complexity index is 769. The largest absolute Gasteiger partial charge is 0.455 e. The van der Waals surface area contributed by atoms with Gasteiger partial charge in [0, 0.05) is 4.88 Å². The Labute approximate surface area is 156 Å². The minimum Gasteiger partial charge on any atom is -0.455 e. The van der Waals surface area contributed by atoms with Gasteiger partial charge in [-0.05, 0) is 48.9 Å². The van der Waals surface area contributed by atoms with Gasteiger partial charge in [-0.15, -0.1) is 11.3 Å². The van der Waals surface area contributed by atoms with E-state index in [1.807, 2.05) is 24.4 Å². The van der Waals surface area contributed by atoms with E-state index >= 15 is 0 Å². The molecule has 0 bridgehead atoms. The second kappa shape index (κ2) is 7.99. The lowest BCUT2D eigenvalue weighted by Crippen LogP contribution is -2.38. The number of hydrogen-bond acceptors (Lipinski definition) is 4. The highest BCUT2D eigenvalue weighted by Crippen LogP contribution is 2.42. The first kappa shape index (κ1) is 18.6. The number of halogens is 1. The highest BCUT2D eigenvalue weighted by molar-refractivity contribution is 7.10. The molecule has 1 aliphatic carbocycles. The zero-order valence-corrected chi connectivity index (χ0v) is 15.5. The predicted molar refractivity (Wildman–Crippen MR) is 98.4 cm³/mol. The van der Waals surface area contributed by atoms with Crippen molar-refractivity contribution in [1.82, 2.24) is 5.32 Å². The number of amides is 1. The maximum atomic E-state index is 13.6. The molecule has 1 aromatic carbocycles. The highest BCUT2D eigenvalue weighted by atomic mass is 32.1. The van der Waals surface area contributed by atoms with Crippen molar-refractivity contribution in [2.24, 2.45) is 0 Å². The van der Waals surface area contributed by atoms with E-state index in [2.05, 4.69) is 5.32 Å². The number of carbonyl (C=O) groups is 2. The van der Waals surface area contributed by atoms with Crippen LogP contribution in [0.4, 0.5) is 4.39 Å². The van der Waals surface area contributed by atoms with Crippen molar-refractivity contribution in [3.63, 3.8) is 0 Å². The topological polar surface area (TPSA) is 55.4 Å². The van der Waals surface area contributed by atoms with Crippen LogP contribution in [-0.2, 0) is 19.7 Å². The second-order valence-corrected chi connectivity index (χ2v) is 7.66. The van der Waals surface area contributed by atoms with Crippen LogP contribution in [0, 0.1) is 5.82 Å². The molecule has 0 spiro atoms. The summed E-state index contributed by atoms with van der Waals surface area (Å²) in [5.41, 5.74) is -0.214. The lowest BCUT2D eigenvalue weighted by Gasteiger charge is -2.27. The fraction of sp³-hybridized carbons (Fsp3) is 0.400. The van der Waals surface area contributed by atoms with Crippen LogP contribution in [0.3, 0.4) is 0 Å². The van der Waals surface area contributed by atoms with Crippen LogP contribution in [0.5, 0.6) is 0 Å². The van der Waals surface area contributed by atoms with E-state index in [0.29, 0.717) is 18.4 Å².